The Hall–Kier alpha value is -6.36. The molecule has 0 unspecified atom stereocenters. The van der Waals surface area contributed by atoms with Gasteiger partial charge in [-0.2, -0.15) is 0 Å². The number of hydrogen-bond acceptors (Lipinski definition) is 7. The Bertz CT molecular complexity index is 2160. The minimum Gasteiger partial charge on any atom is -0.492 e. The minimum absolute atomic E-state index is 0.284. The molecule has 254 valence electrons. The number of urea groups is 1. The monoisotopic (exact) mass is 670 g/mol. The Kier molecular flexibility index (Phi) is 9.66. The smallest absolute Gasteiger partial charge is 0.411 e. The molecule has 0 fully saturated rings. The molecule has 50 heavy (non-hydrogen) atoms. The molecule has 0 atom stereocenters. The van der Waals surface area contributed by atoms with Crippen molar-refractivity contribution < 1.29 is 23.8 Å². The lowest BCUT2D eigenvalue weighted by atomic mass is 9.86. The topological polar surface area (TPSA) is 129 Å². The predicted molar refractivity (Wildman–Crippen MR) is 195 cm³/mol. The third-order valence-corrected chi connectivity index (χ3v) is 8.09. The zero-order valence-corrected chi connectivity index (χ0v) is 28.5. The number of anilines is 3. The van der Waals surface area contributed by atoms with Gasteiger partial charge >= 0.3 is 12.1 Å². The third kappa shape index (κ3) is 7.52. The Morgan fingerprint density at radius 3 is 2.22 bits per heavy atom. The van der Waals surface area contributed by atoms with E-state index in [9.17, 15) is 9.59 Å². The van der Waals surface area contributed by atoms with E-state index < -0.39 is 12.1 Å². The lowest BCUT2D eigenvalue weighted by Gasteiger charge is -2.24. The second-order valence-corrected chi connectivity index (χ2v) is 12.6. The fourth-order valence-electron chi connectivity index (χ4n) is 5.56. The van der Waals surface area contributed by atoms with Crippen molar-refractivity contribution in [2.75, 3.05) is 30.2 Å². The van der Waals surface area contributed by atoms with Crippen LogP contribution in [0.5, 0.6) is 17.2 Å². The second kappa shape index (κ2) is 14.4. The highest BCUT2D eigenvalue weighted by atomic mass is 16.5. The van der Waals surface area contributed by atoms with Crippen molar-refractivity contribution in [1.29, 1.82) is 0 Å². The van der Waals surface area contributed by atoms with Crippen LogP contribution in [0, 0.1) is 0 Å². The van der Waals surface area contributed by atoms with Crippen molar-refractivity contribution in [2.45, 2.75) is 32.7 Å². The standard InChI is InChI=1S/C39H38N6O5/c1-39(2,3)26-19-32(36(48-4)33(20-26)44-38(47)49-5)43-37(46)42-30-15-16-35(29-14-10-9-13-28(29)30)50-27-17-18-41-31(21-27)34-22-40-24-45(34)23-25-11-7-6-8-12-25/h6-22,24H,23H2,1-5H3,(H,44,47)(H2,42,43,46). The number of imidazole rings is 1. The molecule has 2 heterocycles. The van der Waals surface area contributed by atoms with E-state index in [1.807, 2.05) is 86.0 Å². The van der Waals surface area contributed by atoms with Crippen LogP contribution < -0.4 is 25.4 Å². The van der Waals surface area contributed by atoms with Crippen LogP contribution in [-0.4, -0.2) is 40.9 Å². The molecule has 0 aliphatic carbocycles. The SMILES string of the molecule is COC(=O)Nc1cc(C(C)(C)C)cc(NC(=O)Nc2ccc(Oc3ccnc(-c4cncn4Cc4ccccc4)c3)c3ccccc23)c1OC. The van der Waals surface area contributed by atoms with Crippen LogP contribution in [0.25, 0.3) is 22.2 Å². The van der Waals surface area contributed by atoms with Crippen LogP contribution in [0.1, 0.15) is 31.9 Å². The summed E-state index contributed by atoms with van der Waals surface area (Å²) in [6.45, 7) is 6.76. The van der Waals surface area contributed by atoms with Crippen molar-refractivity contribution in [2.24, 2.45) is 0 Å². The average molecular weight is 671 g/mol. The number of methoxy groups -OCH3 is 2. The summed E-state index contributed by atoms with van der Waals surface area (Å²) in [4.78, 5) is 34.5. The number of ether oxygens (including phenoxy) is 3. The van der Waals surface area contributed by atoms with Gasteiger partial charge in [-0.25, -0.2) is 14.6 Å². The Morgan fingerprint density at radius 2 is 1.50 bits per heavy atom. The minimum atomic E-state index is -0.656. The summed E-state index contributed by atoms with van der Waals surface area (Å²) < 4.78 is 18.9. The molecular formula is C39H38N6O5. The molecular weight excluding hydrogens is 632 g/mol. The maximum absolute atomic E-state index is 13.5. The highest BCUT2D eigenvalue weighted by Crippen LogP contribution is 2.40. The molecule has 11 heteroatoms. The highest BCUT2D eigenvalue weighted by Gasteiger charge is 2.22. The van der Waals surface area contributed by atoms with Gasteiger partial charge in [0, 0.05) is 29.6 Å². The lowest BCUT2D eigenvalue weighted by Crippen LogP contribution is -2.22. The van der Waals surface area contributed by atoms with Crippen LogP contribution in [0.3, 0.4) is 0 Å². The summed E-state index contributed by atoms with van der Waals surface area (Å²) in [5, 5.41) is 10.1. The first-order chi connectivity index (χ1) is 24.1. The van der Waals surface area contributed by atoms with Gasteiger partial charge in [0.25, 0.3) is 0 Å². The van der Waals surface area contributed by atoms with Crippen LogP contribution in [-0.2, 0) is 16.7 Å². The maximum atomic E-state index is 13.5. The summed E-state index contributed by atoms with van der Waals surface area (Å²) in [5.41, 5.74) is 4.65. The fraction of sp³-hybridized carbons (Fsp3) is 0.179. The number of rotatable bonds is 9. The lowest BCUT2D eigenvalue weighted by molar-refractivity contribution is 0.187. The highest BCUT2D eigenvalue weighted by molar-refractivity contribution is 6.08. The number of aromatic nitrogens is 3. The molecule has 0 spiro atoms. The molecule has 3 amide bonds. The molecule has 4 aromatic carbocycles. The van der Waals surface area contributed by atoms with Gasteiger partial charge in [-0.3, -0.25) is 10.3 Å². The van der Waals surface area contributed by atoms with E-state index in [0.29, 0.717) is 35.1 Å². The molecule has 0 saturated heterocycles. The molecule has 6 rings (SSSR count). The summed E-state index contributed by atoms with van der Waals surface area (Å²) in [5.74, 6) is 1.50. The van der Waals surface area contributed by atoms with E-state index in [4.69, 9.17) is 14.2 Å². The number of fused-ring (bicyclic) bond motifs is 1. The molecule has 0 radical (unpaired) electrons. The number of benzene rings is 4. The fourth-order valence-corrected chi connectivity index (χ4v) is 5.56. The van der Waals surface area contributed by atoms with E-state index in [1.54, 1.807) is 36.9 Å². The van der Waals surface area contributed by atoms with Crippen molar-refractivity contribution in [3.63, 3.8) is 0 Å². The second-order valence-electron chi connectivity index (χ2n) is 12.6. The van der Waals surface area contributed by atoms with Crippen molar-refractivity contribution >= 4 is 40.0 Å². The maximum Gasteiger partial charge on any atom is 0.411 e. The molecule has 0 aliphatic heterocycles. The number of nitrogens with zero attached hydrogens (tertiary/aromatic N) is 3. The molecule has 2 aromatic heterocycles. The molecule has 0 aliphatic rings. The van der Waals surface area contributed by atoms with E-state index in [-0.39, 0.29) is 11.2 Å². The first-order valence-electron chi connectivity index (χ1n) is 16.0. The Balaban J connectivity index is 1.24. The molecule has 0 saturated carbocycles. The van der Waals surface area contributed by atoms with E-state index in [0.717, 1.165) is 33.3 Å². The van der Waals surface area contributed by atoms with Crippen LogP contribution in [0.2, 0.25) is 0 Å². The van der Waals surface area contributed by atoms with Crippen LogP contribution >= 0.6 is 0 Å². The first-order valence-corrected chi connectivity index (χ1v) is 16.0. The first kappa shape index (κ1) is 33.5. The summed E-state index contributed by atoms with van der Waals surface area (Å²) in [6, 6.07) is 28.3. The zero-order chi connectivity index (χ0) is 35.3. The van der Waals surface area contributed by atoms with Crippen molar-refractivity contribution in [3.05, 3.63) is 121 Å². The normalized spacial score (nSPS) is 11.1. The number of carbonyl (C=O) groups excluding carboxylic acids is 2. The summed E-state index contributed by atoms with van der Waals surface area (Å²) >= 11 is 0. The van der Waals surface area contributed by atoms with Gasteiger partial charge in [-0.05, 0) is 46.9 Å². The number of nitrogens with one attached hydrogen (secondary N) is 3. The van der Waals surface area contributed by atoms with Crippen LogP contribution in [0.15, 0.2) is 110 Å². The summed E-state index contributed by atoms with van der Waals surface area (Å²) in [7, 11) is 2.75. The van der Waals surface area contributed by atoms with Crippen molar-refractivity contribution in [1.82, 2.24) is 14.5 Å². The number of pyridine rings is 1. The summed E-state index contributed by atoms with van der Waals surface area (Å²) in [6.07, 6.45) is 4.64. The third-order valence-electron chi connectivity index (χ3n) is 8.09. The largest absolute Gasteiger partial charge is 0.492 e. The van der Waals surface area contributed by atoms with Gasteiger partial charge in [-0.15, -0.1) is 0 Å². The van der Waals surface area contributed by atoms with Gasteiger partial charge in [-0.1, -0.05) is 75.4 Å². The van der Waals surface area contributed by atoms with Gasteiger partial charge in [0.15, 0.2) is 5.75 Å². The number of amides is 3. The molecule has 3 N–H and O–H groups in total. The Labute approximate surface area is 290 Å². The van der Waals surface area contributed by atoms with E-state index in [1.165, 1.54) is 14.2 Å². The number of hydrogen-bond donors (Lipinski definition) is 3. The van der Waals surface area contributed by atoms with Gasteiger partial charge in [0.05, 0.1) is 55.2 Å². The van der Waals surface area contributed by atoms with Gasteiger partial charge in [0.2, 0.25) is 0 Å². The van der Waals surface area contributed by atoms with Gasteiger partial charge in [0.1, 0.15) is 11.5 Å². The van der Waals surface area contributed by atoms with Crippen LogP contribution in [0.4, 0.5) is 26.7 Å². The van der Waals surface area contributed by atoms with Gasteiger partial charge < -0.3 is 29.4 Å². The average Bonchev–Trinajstić information content (AvgIpc) is 3.57. The molecule has 11 nitrogen and oxygen atoms in total. The molecule has 0 bridgehead atoms. The quantitative estimate of drug-likeness (QED) is 0.140. The van der Waals surface area contributed by atoms with Crippen molar-refractivity contribution in [3.8, 4) is 28.6 Å². The Morgan fingerprint density at radius 1 is 0.800 bits per heavy atom. The number of carbonyl (C=O) groups is 2. The zero-order valence-electron chi connectivity index (χ0n) is 28.5. The van der Waals surface area contributed by atoms with E-state index >= 15 is 0 Å². The molecule has 6 aromatic rings. The van der Waals surface area contributed by atoms with E-state index in [2.05, 4.69) is 38.1 Å². The predicted octanol–water partition coefficient (Wildman–Crippen LogP) is 9.07.